The molecule has 1 aliphatic heterocycles. The lowest BCUT2D eigenvalue weighted by molar-refractivity contribution is 0.148. The molecule has 4 rings (SSSR count). The number of nitrogens with one attached hydrogen (secondary N) is 1. The molecule has 2 heterocycles. The van der Waals surface area contributed by atoms with E-state index in [-0.39, 0.29) is 18.4 Å². The summed E-state index contributed by atoms with van der Waals surface area (Å²) in [5, 5.41) is 8.40. The highest BCUT2D eigenvalue weighted by Crippen LogP contribution is 2.39. The molecule has 7 heteroatoms. The first-order valence-corrected chi connectivity index (χ1v) is 8.21. The molecular weight excluding hydrogens is 335 g/mol. The third-order valence-electron chi connectivity index (χ3n) is 4.37. The monoisotopic (exact) mass is 354 g/mol. The third kappa shape index (κ3) is 3.69. The van der Waals surface area contributed by atoms with Crippen molar-refractivity contribution in [1.82, 2.24) is 20.4 Å². The van der Waals surface area contributed by atoms with Crippen molar-refractivity contribution in [2.24, 2.45) is 0 Å². The van der Waals surface area contributed by atoms with E-state index in [0.717, 1.165) is 41.9 Å². The van der Waals surface area contributed by atoms with Gasteiger partial charge in [-0.1, -0.05) is 35.0 Å². The molecule has 0 bridgehead atoms. The Morgan fingerprint density at radius 3 is 2.91 bits per heavy atom. The van der Waals surface area contributed by atoms with Gasteiger partial charge < -0.3 is 9.84 Å². The number of nitrogens with zero attached hydrogens (tertiary/aromatic N) is 3. The minimum atomic E-state index is 0. The molecule has 1 atom stereocenters. The van der Waals surface area contributed by atoms with Crippen LogP contribution in [0.15, 0.2) is 28.8 Å². The summed E-state index contributed by atoms with van der Waals surface area (Å²) in [5.74, 6) is 2.09. The topological polar surface area (TPSA) is 54.2 Å². The molecule has 1 saturated heterocycles. The summed E-state index contributed by atoms with van der Waals surface area (Å²) in [6.07, 6.45) is 2.36. The highest BCUT2D eigenvalue weighted by molar-refractivity contribution is 6.31. The molecule has 1 aromatic carbocycles. The Bertz CT molecular complexity index is 659. The predicted octanol–water partition coefficient (Wildman–Crippen LogP) is 3.17. The molecule has 5 nitrogen and oxygen atoms in total. The van der Waals surface area contributed by atoms with Gasteiger partial charge in [-0.3, -0.25) is 4.90 Å². The van der Waals surface area contributed by atoms with Crippen molar-refractivity contribution >= 4 is 24.0 Å². The van der Waals surface area contributed by atoms with Crippen LogP contribution in [0.2, 0.25) is 5.02 Å². The highest BCUT2D eigenvalue weighted by Gasteiger charge is 2.31. The van der Waals surface area contributed by atoms with E-state index in [1.165, 1.54) is 12.8 Å². The number of hydrogen-bond acceptors (Lipinski definition) is 5. The maximum Gasteiger partial charge on any atom is 0.229 e. The summed E-state index contributed by atoms with van der Waals surface area (Å²) >= 11 is 6.38. The zero-order chi connectivity index (χ0) is 14.9. The van der Waals surface area contributed by atoms with Crippen LogP contribution >= 0.6 is 24.0 Å². The van der Waals surface area contributed by atoms with Gasteiger partial charge in [0.1, 0.15) is 0 Å². The number of halogens is 2. The van der Waals surface area contributed by atoms with E-state index in [1.807, 2.05) is 18.2 Å². The van der Waals surface area contributed by atoms with Crippen molar-refractivity contribution in [2.45, 2.75) is 31.3 Å². The van der Waals surface area contributed by atoms with Crippen molar-refractivity contribution in [3.8, 4) is 0 Å². The molecule has 23 heavy (non-hydrogen) atoms. The average molecular weight is 355 g/mol. The number of piperazine rings is 1. The van der Waals surface area contributed by atoms with Gasteiger partial charge in [-0.15, -0.1) is 12.4 Å². The van der Waals surface area contributed by atoms with Crippen molar-refractivity contribution in [2.75, 3.05) is 19.6 Å². The maximum atomic E-state index is 6.38. The molecule has 0 amide bonds. The second kappa shape index (κ2) is 7.18. The molecule has 2 fully saturated rings. The smallest absolute Gasteiger partial charge is 0.229 e. The van der Waals surface area contributed by atoms with E-state index < -0.39 is 0 Å². The minimum Gasteiger partial charge on any atom is -0.339 e. The first-order chi connectivity index (χ1) is 10.8. The quantitative estimate of drug-likeness (QED) is 0.913. The van der Waals surface area contributed by atoms with Gasteiger partial charge in [-0.25, -0.2) is 0 Å². The standard InChI is InChI=1S/C16H19ClN4O.ClH/c17-13-4-2-1-3-12(13)14-9-18-7-8-21(14)10-15-19-16(22-20-15)11-5-6-11;/h1-4,11,14,18H,5-10H2;1H. The molecule has 2 aromatic rings. The van der Waals surface area contributed by atoms with Crippen LogP contribution < -0.4 is 5.32 Å². The molecular formula is C16H20Cl2N4O. The molecule has 1 aliphatic carbocycles. The molecule has 0 spiro atoms. The minimum absolute atomic E-state index is 0. The van der Waals surface area contributed by atoms with Crippen LogP contribution in [0.25, 0.3) is 0 Å². The molecule has 2 aliphatic rings. The summed E-state index contributed by atoms with van der Waals surface area (Å²) in [6.45, 7) is 3.50. The van der Waals surface area contributed by atoms with Crippen LogP contribution in [-0.4, -0.2) is 34.7 Å². The Balaban J connectivity index is 0.00000156. The van der Waals surface area contributed by atoms with E-state index in [4.69, 9.17) is 16.1 Å². The van der Waals surface area contributed by atoms with Crippen LogP contribution in [0.4, 0.5) is 0 Å². The van der Waals surface area contributed by atoms with Gasteiger partial charge in [0.05, 0.1) is 6.54 Å². The summed E-state index contributed by atoms with van der Waals surface area (Å²) in [4.78, 5) is 6.92. The Morgan fingerprint density at radius 1 is 1.30 bits per heavy atom. The van der Waals surface area contributed by atoms with E-state index >= 15 is 0 Å². The molecule has 1 saturated carbocycles. The van der Waals surface area contributed by atoms with Crippen molar-refractivity contribution in [1.29, 1.82) is 0 Å². The van der Waals surface area contributed by atoms with Gasteiger partial charge >= 0.3 is 0 Å². The summed E-state index contributed by atoms with van der Waals surface area (Å²) in [5.41, 5.74) is 1.15. The number of aromatic nitrogens is 2. The number of benzene rings is 1. The lowest BCUT2D eigenvalue weighted by atomic mass is 10.0. The highest BCUT2D eigenvalue weighted by atomic mass is 35.5. The largest absolute Gasteiger partial charge is 0.339 e. The van der Waals surface area contributed by atoms with Crippen LogP contribution in [0, 0.1) is 0 Å². The van der Waals surface area contributed by atoms with Gasteiger partial charge in [0.25, 0.3) is 0 Å². The van der Waals surface area contributed by atoms with Crippen molar-refractivity contribution in [3.05, 3.63) is 46.6 Å². The summed E-state index contributed by atoms with van der Waals surface area (Å²) in [7, 11) is 0. The van der Waals surface area contributed by atoms with E-state index in [2.05, 4.69) is 26.4 Å². The fourth-order valence-electron chi connectivity index (χ4n) is 3.00. The van der Waals surface area contributed by atoms with Gasteiger partial charge in [0, 0.05) is 36.6 Å². The second-order valence-electron chi connectivity index (χ2n) is 6.04. The SMILES string of the molecule is Cl.Clc1ccccc1C1CNCCN1Cc1noc(C2CC2)n1. The fourth-order valence-corrected chi connectivity index (χ4v) is 3.26. The zero-order valence-corrected chi connectivity index (χ0v) is 14.3. The van der Waals surface area contributed by atoms with Crippen LogP contribution in [0.3, 0.4) is 0 Å². The molecule has 1 aromatic heterocycles. The van der Waals surface area contributed by atoms with Gasteiger partial charge in [0.15, 0.2) is 5.82 Å². The van der Waals surface area contributed by atoms with Gasteiger partial charge in [-0.05, 0) is 24.5 Å². The summed E-state index contributed by atoms with van der Waals surface area (Å²) < 4.78 is 5.37. The van der Waals surface area contributed by atoms with E-state index in [0.29, 0.717) is 12.5 Å². The first-order valence-electron chi connectivity index (χ1n) is 7.83. The average Bonchev–Trinajstić information content (AvgIpc) is 3.29. The predicted molar refractivity (Wildman–Crippen MR) is 91.0 cm³/mol. The van der Waals surface area contributed by atoms with Crippen LogP contribution in [0.1, 0.15) is 42.1 Å². The summed E-state index contributed by atoms with van der Waals surface area (Å²) in [6, 6.07) is 8.29. The van der Waals surface area contributed by atoms with Crippen LogP contribution in [0.5, 0.6) is 0 Å². The van der Waals surface area contributed by atoms with Crippen molar-refractivity contribution in [3.63, 3.8) is 0 Å². The van der Waals surface area contributed by atoms with Gasteiger partial charge in [-0.2, -0.15) is 4.98 Å². The zero-order valence-electron chi connectivity index (χ0n) is 12.7. The Morgan fingerprint density at radius 2 is 2.13 bits per heavy atom. The van der Waals surface area contributed by atoms with Crippen molar-refractivity contribution < 1.29 is 4.52 Å². The Hall–Kier alpha value is -1.14. The van der Waals surface area contributed by atoms with E-state index in [1.54, 1.807) is 0 Å². The van der Waals surface area contributed by atoms with Crippen LogP contribution in [-0.2, 0) is 6.54 Å². The first kappa shape index (κ1) is 16.7. The molecule has 0 radical (unpaired) electrons. The lowest BCUT2D eigenvalue weighted by Gasteiger charge is -2.36. The fraction of sp³-hybridized carbons (Fsp3) is 0.500. The number of hydrogen-bond donors (Lipinski definition) is 1. The molecule has 124 valence electrons. The molecule has 1 unspecified atom stereocenters. The normalized spacial score (nSPS) is 21.9. The second-order valence-corrected chi connectivity index (χ2v) is 6.44. The lowest BCUT2D eigenvalue weighted by Crippen LogP contribution is -2.45. The third-order valence-corrected chi connectivity index (χ3v) is 4.72. The maximum absolute atomic E-state index is 6.38. The number of rotatable bonds is 4. The van der Waals surface area contributed by atoms with Gasteiger partial charge in [0.2, 0.25) is 5.89 Å². The molecule has 1 N–H and O–H groups in total. The van der Waals surface area contributed by atoms with E-state index in [9.17, 15) is 0 Å². The Labute approximate surface area is 146 Å². The Kier molecular flexibility index (Phi) is 5.21.